The van der Waals surface area contributed by atoms with E-state index in [1.54, 1.807) is 24.3 Å². The molecule has 0 bridgehead atoms. The highest BCUT2D eigenvalue weighted by Crippen LogP contribution is 2.38. The number of sulfone groups is 1. The number of H-pyrrole nitrogens is 1. The number of nitrogens with one attached hydrogen (secondary N) is 1. The van der Waals surface area contributed by atoms with Crippen LogP contribution >= 0.6 is 0 Å². The van der Waals surface area contributed by atoms with E-state index in [9.17, 15) is 8.42 Å². The smallest absolute Gasteiger partial charge is 0.189 e. The van der Waals surface area contributed by atoms with Crippen LogP contribution in [0.4, 0.5) is 0 Å². The molecule has 4 heteroatoms. The first-order valence-electron chi connectivity index (χ1n) is 9.43. The number of fused-ring (bicyclic) bond motifs is 1. The van der Waals surface area contributed by atoms with Gasteiger partial charge in [-0.05, 0) is 35.2 Å². The fraction of sp³-hybridized carbons (Fsp3) is 0.167. The maximum Gasteiger partial charge on any atom is 0.189 e. The van der Waals surface area contributed by atoms with E-state index in [1.807, 2.05) is 60.8 Å². The van der Waals surface area contributed by atoms with Crippen molar-refractivity contribution >= 4 is 20.7 Å². The number of benzene rings is 3. The monoisotopic (exact) mass is 389 g/mol. The standard InChI is InChI=1S/C24H23NO2S/c1-17(2)18-12-14-19(15-13-18)24(28(26,27)20-8-4-3-5-9-20)22-16-25-23-11-7-6-10-21(22)23/h3-17,24-25H,1-2H3. The quantitative estimate of drug-likeness (QED) is 0.465. The summed E-state index contributed by atoms with van der Waals surface area (Å²) in [5.41, 5.74) is 3.68. The average molecular weight is 390 g/mol. The fourth-order valence-corrected chi connectivity index (χ4v) is 5.49. The van der Waals surface area contributed by atoms with Crippen molar-refractivity contribution in [1.29, 1.82) is 0 Å². The van der Waals surface area contributed by atoms with E-state index in [-0.39, 0.29) is 0 Å². The summed E-state index contributed by atoms with van der Waals surface area (Å²) >= 11 is 0. The Morgan fingerprint density at radius 3 is 2.04 bits per heavy atom. The fourth-order valence-electron chi connectivity index (χ4n) is 3.64. The van der Waals surface area contributed by atoms with Gasteiger partial charge in [-0.3, -0.25) is 0 Å². The zero-order chi connectivity index (χ0) is 19.7. The SMILES string of the molecule is CC(C)c1ccc(C(c2c[nH]c3ccccc23)S(=O)(=O)c2ccccc2)cc1. The first kappa shape index (κ1) is 18.5. The molecule has 4 aromatic rings. The Hall–Kier alpha value is -2.85. The highest BCUT2D eigenvalue weighted by molar-refractivity contribution is 7.92. The van der Waals surface area contributed by atoms with E-state index in [0.29, 0.717) is 10.8 Å². The van der Waals surface area contributed by atoms with Crippen molar-refractivity contribution in [3.05, 3.63) is 102 Å². The molecule has 1 aromatic heterocycles. The molecule has 0 saturated heterocycles. The molecule has 0 amide bonds. The molecule has 0 fully saturated rings. The summed E-state index contributed by atoms with van der Waals surface area (Å²) in [5, 5.41) is 0.159. The van der Waals surface area contributed by atoms with Gasteiger partial charge >= 0.3 is 0 Å². The van der Waals surface area contributed by atoms with Crippen LogP contribution in [0.25, 0.3) is 10.9 Å². The number of aromatic nitrogens is 1. The van der Waals surface area contributed by atoms with E-state index in [4.69, 9.17) is 0 Å². The van der Waals surface area contributed by atoms with Gasteiger partial charge in [0.2, 0.25) is 0 Å². The second-order valence-electron chi connectivity index (χ2n) is 7.35. The summed E-state index contributed by atoms with van der Waals surface area (Å²) in [6.07, 6.45) is 1.83. The predicted octanol–water partition coefficient (Wildman–Crippen LogP) is 5.85. The molecule has 0 aliphatic rings. The Labute approximate surface area is 166 Å². The Kier molecular flexibility index (Phi) is 4.82. The molecule has 0 aliphatic heterocycles. The van der Waals surface area contributed by atoms with Crippen LogP contribution in [0.3, 0.4) is 0 Å². The van der Waals surface area contributed by atoms with Crippen molar-refractivity contribution in [2.45, 2.75) is 29.9 Å². The van der Waals surface area contributed by atoms with Crippen LogP contribution in [0.1, 0.15) is 41.7 Å². The van der Waals surface area contributed by atoms with Gasteiger partial charge in [-0.2, -0.15) is 0 Å². The van der Waals surface area contributed by atoms with Crippen molar-refractivity contribution < 1.29 is 8.42 Å². The first-order chi connectivity index (χ1) is 13.5. The summed E-state index contributed by atoms with van der Waals surface area (Å²) in [6, 6.07) is 24.5. The van der Waals surface area contributed by atoms with Gasteiger partial charge in [0.15, 0.2) is 9.84 Å². The lowest BCUT2D eigenvalue weighted by Gasteiger charge is -2.19. The number of hydrogen-bond acceptors (Lipinski definition) is 2. The summed E-state index contributed by atoms with van der Waals surface area (Å²) in [4.78, 5) is 3.56. The van der Waals surface area contributed by atoms with Crippen LogP contribution in [-0.2, 0) is 9.84 Å². The highest BCUT2D eigenvalue weighted by Gasteiger charge is 2.32. The Morgan fingerprint density at radius 2 is 1.36 bits per heavy atom. The Morgan fingerprint density at radius 1 is 0.750 bits per heavy atom. The van der Waals surface area contributed by atoms with Gasteiger partial charge in [0.1, 0.15) is 5.25 Å². The topological polar surface area (TPSA) is 49.9 Å². The molecule has 1 atom stereocenters. The molecule has 0 saturated carbocycles. The summed E-state index contributed by atoms with van der Waals surface area (Å²) in [6.45, 7) is 4.26. The number of aromatic amines is 1. The van der Waals surface area contributed by atoms with Crippen molar-refractivity contribution in [3.63, 3.8) is 0 Å². The number of hydrogen-bond donors (Lipinski definition) is 1. The molecule has 0 aliphatic carbocycles. The Bertz CT molecular complexity index is 1190. The first-order valence-corrected chi connectivity index (χ1v) is 11.0. The lowest BCUT2D eigenvalue weighted by molar-refractivity contribution is 0.589. The lowest BCUT2D eigenvalue weighted by Crippen LogP contribution is -2.15. The summed E-state index contributed by atoms with van der Waals surface area (Å²) in [5.74, 6) is 0.395. The third-order valence-corrected chi connectivity index (χ3v) is 7.27. The predicted molar refractivity (Wildman–Crippen MR) is 114 cm³/mol. The Balaban J connectivity index is 1.93. The maximum absolute atomic E-state index is 13.7. The van der Waals surface area contributed by atoms with Crippen LogP contribution in [0, 0.1) is 0 Å². The molecular weight excluding hydrogens is 366 g/mol. The second kappa shape index (κ2) is 7.28. The van der Waals surface area contributed by atoms with Gasteiger partial charge in [-0.15, -0.1) is 0 Å². The molecule has 3 aromatic carbocycles. The lowest BCUT2D eigenvalue weighted by atomic mass is 9.98. The minimum atomic E-state index is -3.62. The van der Waals surface area contributed by atoms with Crippen molar-refractivity contribution in [2.75, 3.05) is 0 Å². The third kappa shape index (κ3) is 3.25. The zero-order valence-corrected chi connectivity index (χ0v) is 16.8. The number of rotatable bonds is 5. The number of para-hydroxylation sites is 1. The summed E-state index contributed by atoms with van der Waals surface area (Å²) < 4.78 is 27.4. The normalized spacial score (nSPS) is 13.1. The molecule has 1 N–H and O–H groups in total. The van der Waals surface area contributed by atoms with E-state index in [1.165, 1.54) is 5.56 Å². The van der Waals surface area contributed by atoms with Crippen LogP contribution in [-0.4, -0.2) is 13.4 Å². The van der Waals surface area contributed by atoms with Gasteiger partial charge < -0.3 is 4.98 Å². The van der Waals surface area contributed by atoms with Crippen LogP contribution in [0.2, 0.25) is 0 Å². The van der Waals surface area contributed by atoms with Crippen molar-refractivity contribution in [2.24, 2.45) is 0 Å². The molecular formula is C24H23NO2S. The third-order valence-electron chi connectivity index (χ3n) is 5.19. The minimum Gasteiger partial charge on any atom is -0.361 e. The zero-order valence-electron chi connectivity index (χ0n) is 16.0. The molecule has 0 spiro atoms. The molecule has 1 unspecified atom stereocenters. The molecule has 3 nitrogen and oxygen atoms in total. The van der Waals surface area contributed by atoms with Gasteiger partial charge in [0.25, 0.3) is 0 Å². The molecule has 0 radical (unpaired) electrons. The van der Waals surface area contributed by atoms with Crippen LogP contribution in [0.5, 0.6) is 0 Å². The van der Waals surface area contributed by atoms with Crippen LogP contribution < -0.4 is 0 Å². The van der Waals surface area contributed by atoms with E-state index < -0.39 is 15.1 Å². The minimum absolute atomic E-state index is 0.332. The van der Waals surface area contributed by atoms with Gasteiger partial charge in [0, 0.05) is 22.7 Å². The molecule has 142 valence electrons. The highest BCUT2D eigenvalue weighted by atomic mass is 32.2. The van der Waals surface area contributed by atoms with E-state index in [2.05, 4.69) is 18.8 Å². The van der Waals surface area contributed by atoms with Gasteiger partial charge in [0.05, 0.1) is 4.90 Å². The average Bonchev–Trinajstić information content (AvgIpc) is 3.13. The molecule has 28 heavy (non-hydrogen) atoms. The molecule has 1 heterocycles. The van der Waals surface area contributed by atoms with Gasteiger partial charge in [-0.25, -0.2) is 8.42 Å². The van der Waals surface area contributed by atoms with E-state index in [0.717, 1.165) is 22.0 Å². The largest absolute Gasteiger partial charge is 0.361 e. The summed E-state index contributed by atoms with van der Waals surface area (Å²) in [7, 11) is -3.62. The maximum atomic E-state index is 13.7. The van der Waals surface area contributed by atoms with Crippen molar-refractivity contribution in [3.8, 4) is 0 Å². The van der Waals surface area contributed by atoms with Crippen molar-refractivity contribution in [1.82, 2.24) is 4.98 Å². The molecule has 4 rings (SSSR count). The second-order valence-corrected chi connectivity index (χ2v) is 9.38. The van der Waals surface area contributed by atoms with Crippen LogP contribution in [0.15, 0.2) is 90.0 Å². The van der Waals surface area contributed by atoms with Gasteiger partial charge in [-0.1, -0.05) is 74.5 Å². The van der Waals surface area contributed by atoms with E-state index >= 15 is 0 Å².